The van der Waals surface area contributed by atoms with Crippen molar-refractivity contribution in [1.29, 1.82) is 0 Å². The molecule has 7 heteroatoms. The monoisotopic (exact) mass is 394 g/mol. The number of nitrogens with zero attached hydrogens (tertiary/aromatic N) is 1. The molecule has 0 aromatic heterocycles. The van der Waals surface area contributed by atoms with Gasteiger partial charge in [0.25, 0.3) is 10.2 Å². The number of benzene rings is 2. The maximum absolute atomic E-state index is 12.9. The highest BCUT2D eigenvalue weighted by Crippen LogP contribution is 2.38. The van der Waals surface area contributed by atoms with Gasteiger partial charge in [-0.2, -0.15) is 12.7 Å². The zero-order chi connectivity index (χ0) is 18.7. The van der Waals surface area contributed by atoms with Gasteiger partial charge in [-0.15, -0.1) is 0 Å². The van der Waals surface area contributed by atoms with E-state index in [-0.39, 0.29) is 0 Å². The standard InChI is InChI=1S/C19H23ClN2O3S/c1-3-10-21-26(23,24)22-11-9-14-7-8-17(25-2)13-18(14)19(22)15-5-4-6-16(20)12-15/h4-8,12-13,19,21H,3,9-11H2,1-2H3. The number of hydrogen-bond donors (Lipinski definition) is 1. The molecule has 0 fully saturated rings. The van der Waals surface area contributed by atoms with Crippen LogP contribution in [0, 0.1) is 0 Å². The molecule has 3 rings (SSSR count). The van der Waals surface area contributed by atoms with Crippen LogP contribution >= 0.6 is 11.6 Å². The molecule has 1 aliphatic heterocycles. The van der Waals surface area contributed by atoms with Crippen LogP contribution in [0.1, 0.15) is 36.1 Å². The molecule has 5 nitrogen and oxygen atoms in total. The molecular weight excluding hydrogens is 372 g/mol. The normalized spacial score (nSPS) is 17.7. The van der Waals surface area contributed by atoms with Gasteiger partial charge in [-0.3, -0.25) is 0 Å². The lowest BCUT2D eigenvalue weighted by atomic mass is 9.89. The Balaban J connectivity index is 2.13. The highest BCUT2D eigenvalue weighted by atomic mass is 35.5. The van der Waals surface area contributed by atoms with Crippen molar-refractivity contribution in [2.45, 2.75) is 25.8 Å². The lowest BCUT2D eigenvalue weighted by Crippen LogP contribution is -2.46. The van der Waals surface area contributed by atoms with Crippen molar-refractivity contribution in [2.75, 3.05) is 20.2 Å². The van der Waals surface area contributed by atoms with Crippen molar-refractivity contribution < 1.29 is 13.2 Å². The molecule has 0 saturated heterocycles. The molecule has 2 aromatic carbocycles. The van der Waals surface area contributed by atoms with Crippen molar-refractivity contribution in [3.63, 3.8) is 0 Å². The lowest BCUT2D eigenvalue weighted by molar-refractivity contribution is 0.336. The SMILES string of the molecule is CCCNS(=O)(=O)N1CCc2ccc(OC)cc2C1c1cccc(Cl)c1. The topological polar surface area (TPSA) is 58.6 Å². The summed E-state index contributed by atoms with van der Waals surface area (Å²) in [6.45, 7) is 2.76. The van der Waals surface area contributed by atoms with Crippen molar-refractivity contribution in [3.8, 4) is 5.75 Å². The van der Waals surface area contributed by atoms with Crippen LogP contribution in [0.5, 0.6) is 5.75 Å². The zero-order valence-corrected chi connectivity index (χ0v) is 16.5. The van der Waals surface area contributed by atoms with Crippen molar-refractivity contribution >= 4 is 21.8 Å². The fraction of sp³-hybridized carbons (Fsp3) is 0.368. The van der Waals surface area contributed by atoms with E-state index in [0.717, 1.165) is 23.1 Å². The van der Waals surface area contributed by atoms with E-state index in [0.29, 0.717) is 30.3 Å². The summed E-state index contributed by atoms with van der Waals surface area (Å²) in [5, 5.41) is 0.580. The van der Waals surface area contributed by atoms with Gasteiger partial charge in [0.1, 0.15) is 5.75 Å². The average molecular weight is 395 g/mol. The summed E-state index contributed by atoms with van der Waals surface area (Å²) in [6.07, 6.45) is 1.39. The maximum Gasteiger partial charge on any atom is 0.280 e. The van der Waals surface area contributed by atoms with Crippen LogP contribution in [-0.2, 0) is 16.6 Å². The Bertz CT molecular complexity index is 886. The summed E-state index contributed by atoms with van der Waals surface area (Å²) in [6, 6.07) is 12.8. The minimum Gasteiger partial charge on any atom is -0.497 e. The summed E-state index contributed by atoms with van der Waals surface area (Å²) in [5.74, 6) is 0.705. The molecule has 0 spiro atoms. The highest BCUT2D eigenvalue weighted by Gasteiger charge is 2.36. The Morgan fingerprint density at radius 1 is 1.27 bits per heavy atom. The van der Waals surface area contributed by atoms with E-state index >= 15 is 0 Å². The van der Waals surface area contributed by atoms with Gasteiger partial charge in [0.2, 0.25) is 0 Å². The Labute approximate surface area is 160 Å². The molecule has 2 aromatic rings. The van der Waals surface area contributed by atoms with Gasteiger partial charge in [-0.1, -0.05) is 36.7 Å². The second kappa shape index (κ2) is 7.96. The third kappa shape index (κ3) is 3.88. The third-order valence-corrected chi connectivity index (χ3v) is 6.36. The summed E-state index contributed by atoms with van der Waals surface area (Å²) < 4.78 is 35.4. The van der Waals surface area contributed by atoms with Crippen LogP contribution in [0.2, 0.25) is 5.02 Å². The molecular formula is C19H23ClN2O3S. The van der Waals surface area contributed by atoms with Gasteiger partial charge in [-0.25, -0.2) is 4.72 Å². The first-order valence-electron chi connectivity index (χ1n) is 8.65. The molecule has 1 aliphatic rings. The molecule has 0 amide bonds. The first kappa shape index (κ1) is 19.2. The van der Waals surface area contributed by atoms with Gasteiger partial charge < -0.3 is 4.74 Å². The predicted octanol–water partition coefficient (Wildman–Crippen LogP) is 3.54. The fourth-order valence-electron chi connectivity index (χ4n) is 3.29. The quantitative estimate of drug-likeness (QED) is 0.815. The van der Waals surface area contributed by atoms with Gasteiger partial charge in [-0.05, 0) is 53.8 Å². The highest BCUT2D eigenvalue weighted by molar-refractivity contribution is 7.87. The Hall–Kier alpha value is -1.60. The van der Waals surface area contributed by atoms with Crippen LogP contribution < -0.4 is 9.46 Å². The van der Waals surface area contributed by atoms with Crippen LogP contribution in [0.4, 0.5) is 0 Å². The average Bonchev–Trinajstić information content (AvgIpc) is 2.64. The summed E-state index contributed by atoms with van der Waals surface area (Å²) >= 11 is 6.19. The van der Waals surface area contributed by atoms with Gasteiger partial charge in [0.15, 0.2) is 0 Å². The van der Waals surface area contributed by atoms with Crippen LogP contribution in [-0.4, -0.2) is 32.9 Å². The van der Waals surface area contributed by atoms with Crippen molar-refractivity contribution in [1.82, 2.24) is 9.03 Å². The van der Waals surface area contributed by atoms with E-state index in [1.165, 1.54) is 4.31 Å². The molecule has 0 radical (unpaired) electrons. The molecule has 26 heavy (non-hydrogen) atoms. The minimum atomic E-state index is -3.62. The number of methoxy groups -OCH3 is 1. The van der Waals surface area contributed by atoms with E-state index in [4.69, 9.17) is 16.3 Å². The number of ether oxygens (including phenoxy) is 1. The molecule has 0 aliphatic carbocycles. The number of nitrogens with one attached hydrogen (secondary N) is 1. The number of rotatable bonds is 6. The molecule has 140 valence electrons. The van der Waals surface area contributed by atoms with Crippen LogP contribution in [0.15, 0.2) is 42.5 Å². The molecule has 1 unspecified atom stereocenters. The third-order valence-electron chi connectivity index (χ3n) is 4.54. The second-order valence-electron chi connectivity index (χ2n) is 6.28. The van der Waals surface area contributed by atoms with Crippen LogP contribution in [0.3, 0.4) is 0 Å². The fourth-order valence-corrected chi connectivity index (χ4v) is 4.96. The van der Waals surface area contributed by atoms with Gasteiger partial charge in [0.05, 0.1) is 13.2 Å². The van der Waals surface area contributed by atoms with Gasteiger partial charge >= 0.3 is 0 Å². The zero-order valence-electron chi connectivity index (χ0n) is 14.9. The number of fused-ring (bicyclic) bond motifs is 1. The molecule has 1 N–H and O–H groups in total. The minimum absolute atomic E-state index is 0.409. The molecule has 1 atom stereocenters. The largest absolute Gasteiger partial charge is 0.497 e. The van der Waals surface area contributed by atoms with Gasteiger partial charge in [0, 0.05) is 18.1 Å². The maximum atomic E-state index is 12.9. The van der Waals surface area contributed by atoms with E-state index in [1.807, 2.05) is 43.3 Å². The summed E-state index contributed by atoms with van der Waals surface area (Å²) in [7, 11) is -2.01. The van der Waals surface area contributed by atoms with E-state index in [2.05, 4.69) is 4.72 Å². The predicted molar refractivity (Wildman–Crippen MR) is 104 cm³/mol. The lowest BCUT2D eigenvalue weighted by Gasteiger charge is -2.36. The smallest absolute Gasteiger partial charge is 0.280 e. The Morgan fingerprint density at radius 2 is 2.08 bits per heavy atom. The van der Waals surface area contributed by atoms with Crippen LogP contribution in [0.25, 0.3) is 0 Å². The second-order valence-corrected chi connectivity index (χ2v) is 8.43. The molecule has 0 bridgehead atoms. The number of halogens is 1. The van der Waals surface area contributed by atoms with E-state index < -0.39 is 16.3 Å². The Kier molecular flexibility index (Phi) is 5.87. The molecule has 0 saturated carbocycles. The summed E-state index contributed by atoms with van der Waals surface area (Å²) in [5.41, 5.74) is 2.89. The first-order valence-corrected chi connectivity index (χ1v) is 10.5. The summed E-state index contributed by atoms with van der Waals surface area (Å²) in [4.78, 5) is 0. The molecule has 1 heterocycles. The number of hydrogen-bond acceptors (Lipinski definition) is 3. The van der Waals surface area contributed by atoms with Crippen molar-refractivity contribution in [2.24, 2.45) is 0 Å². The Morgan fingerprint density at radius 3 is 2.77 bits per heavy atom. The van der Waals surface area contributed by atoms with E-state index in [9.17, 15) is 8.42 Å². The van der Waals surface area contributed by atoms with E-state index in [1.54, 1.807) is 13.2 Å². The first-order chi connectivity index (χ1) is 12.5. The van der Waals surface area contributed by atoms with Crippen molar-refractivity contribution in [3.05, 3.63) is 64.2 Å².